The van der Waals surface area contributed by atoms with E-state index in [4.69, 9.17) is 14.7 Å². The first-order chi connectivity index (χ1) is 9.25. The fourth-order valence-electron chi connectivity index (χ4n) is 2.72. The maximum Gasteiger partial charge on any atom is 0.238 e. The molecule has 102 valence electrons. The third-order valence-corrected chi connectivity index (χ3v) is 3.89. The lowest BCUT2D eigenvalue weighted by molar-refractivity contribution is 0.325. The molecule has 2 N–H and O–H groups in total. The first-order valence-electron chi connectivity index (χ1n) is 6.89. The minimum atomic E-state index is 0.119. The van der Waals surface area contributed by atoms with Crippen molar-refractivity contribution < 1.29 is 8.94 Å². The van der Waals surface area contributed by atoms with Gasteiger partial charge < -0.3 is 14.7 Å². The molecule has 3 rings (SSSR count). The van der Waals surface area contributed by atoms with Crippen molar-refractivity contribution in [2.45, 2.75) is 51.0 Å². The normalized spacial score (nSPS) is 24.3. The molecule has 5 heteroatoms. The van der Waals surface area contributed by atoms with Crippen LogP contribution in [0.25, 0.3) is 11.6 Å². The smallest absolute Gasteiger partial charge is 0.238 e. The summed E-state index contributed by atoms with van der Waals surface area (Å²) in [6, 6.07) is 2.01. The molecule has 1 fully saturated rings. The summed E-state index contributed by atoms with van der Waals surface area (Å²) in [6.07, 6.45) is 7.30. The zero-order valence-electron chi connectivity index (χ0n) is 11.1. The highest BCUT2D eigenvalue weighted by Gasteiger charge is 2.28. The van der Waals surface area contributed by atoms with E-state index in [9.17, 15) is 0 Å². The molecule has 2 atom stereocenters. The summed E-state index contributed by atoms with van der Waals surface area (Å²) in [4.78, 5) is 4.48. The van der Waals surface area contributed by atoms with Crippen molar-refractivity contribution in [3.8, 4) is 11.6 Å². The second kappa shape index (κ2) is 5.17. The largest absolute Gasteiger partial charge is 0.461 e. The average Bonchev–Trinajstić information content (AvgIpc) is 2.97. The van der Waals surface area contributed by atoms with Crippen LogP contribution >= 0.6 is 0 Å². The van der Waals surface area contributed by atoms with E-state index >= 15 is 0 Å². The summed E-state index contributed by atoms with van der Waals surface area (Å²) < 4.78 is 10.8. The lowest BCUT2D eigenvalue weighted by Gasteiger charge is -2.16. The molecule has 1 aliphatic rings. The molecule has 2 unspecified atom stereocenters. The minimum absolute atomic E-state index is 0.119. The van der Waals surface area contributed by atoms with Crippen molar-refractivity contribution in [3.05, 3.63) is 23.8 Å². The van der Waals surface area contributed by atoms with E-state index in [-0.39, 0.29) is 12.0 Å². The van der Waals surface area contributed by atoms with Gasteiger partial charge in [-0.15, -0.1) is 0 Å². The second-order valence-corrected chi connectivity index (χ2v) is 5.30. The molecule has 5 nitrogen and oxygen atoms in total. The van der Waals surface area contributed by atoms with Gasteiger partial charge in [-0.05, 0) is 31.4 Å². The Morgan fingerprint density at radius 3 is 2.89 bits per heavy atom. The predicted molar refractivity (Wildman–Crippen MR) is 70.5 cm³/mol. The molecular weight excluding hydrogens is 242 g/mol. The van der Waals surface area contributed by atoms with Gasteiger partial charge in [0.05, 0.1) is 12.2 Å². The maximum atomic E-state index is 6.22. The van der Waals surface area contributed by atoms with Gasteiger partial charge in [-0.25, -0.2) is 0 Å². The number of furan rings is 1. The Labute approximate surface area is 112 Å². The Morgan fingerprint density at radius 2 is 2.11 bits per heavy atom. The van der Waals surface area contributed by atoms with Crippen LogP contribution in [-0.2, 0) is 0 Å². The SMILES string of the molecule is Cc1ccoc1-c1noc(C2CCCCCC2N)n1. The molecule has 0 saturated heterocycles. The molecule has 2 aromatic rings. The first kappa shape index (κ1) is 12.4. The third-order valence-electron chi connectivity index (χ3n) is 3.89. The summed E-state index contributed by atoms with van der Waals surface area (Å²) in [6.45, 7) is 1.96. The van der Waals surface area contributed by atoms with Gasteiger partial charge in [0.1, 0.15) is 0 Å². The molecule has 2 aromatic heterocycles. The number of rotatable bonds is 2. The molecular formula is C14H19N3O2. The average molecular weight is 261 g/mol. The van der Waals surface area contributed by atoms with Crippen LogP contribution in [0.5, 0.6) is 0 Å². The Balaban J connectivity index is 1.86. The monoisotopic (exact) mass is 261 g/mol. The van der Waals surface area contributed by atoms with Crippen molar-refractivity contribution in [1.82, 2.24) is 10.1 Å². The van der Waals surface area contributed by atoms with E-state index < -0.39 is 0 Å². The van der Waals surface area contributed by atoms with Crippen molar-refractivity contribution in [2.75, 3.05) is 0 Å². The highest BCUT2D eigenvalue weighted by molar-refractivity contribution is 5.51. The number of hydrogen-bond acceptors (Lipinski definition) is 5. The molecule has 1 saturated carbocycles. The van der Waals surface area contributed by atoms with Gasteiger partial charge in [-0.2, -0.15) is 4.98 Å². The van der Waals surface area contributed by atoms with Crippen LogP contribution in [0.4, 0.5) is 0 Å². The third kappa shape index (κ3) is 2.42. The summed E-state index contributed by atoms with van der Waals surface area (Å²) in [5.41, 5.74) is 7.23. The van der Waals surface area contributed by atoms with E-state index in [2.05, 4.69) is 10.1 Å². The van der Waals surface area contributed by atoms with Gasteiger partial charge >= 0.3 is 0 Å². The van der Waals surface area contributed by atoms with Gasteiger partial charge in [0.25, 0.3) is 0 Å². The summed E-state index contributed by atoms with van der Waals surface area (Å²) in [5, 5.41) is 4.02. The summed E-state index contributed by atoms with van der Waals surface area (Å²) in [7, 11) is 0. The van der Waals surface area contributed by atoms with Crippen LogP contribution < -0.4 is 5.73 Å². The predicted octanol–water partition coefficient (Wildman–Crippen LogP) is 3.01. The minimum Gasteiger partial charge on any atom is -0.461 e. The quantitative estimate of drug-likeness (QED) is 0.841. The Hall–Kier alpha value is -1.62. The molecule has 0 aliphatic heterocycles. The fraction of sp³-hybridized carbons (Fsp3) is 0.571. The van der Waals surface area contributed by atoms with E-state index in [1.807, 2.05) is 13.0 Å². The standard InChI is InChI=1S/C14H19N3O2/c1-9-7-8-18-12(9)13-16-14(19-17-13)10-5-3-2-4-6-11(10)15/h7-8,10-11H,2-6,15H2,1H3. The lowest BCUT2D eigenvalue weighted by Crippen LogP contribution is -2.27. The maximum absolute atomic E-state index is 6.22. The molecule has 1 aliphatic carbocycles. The molecule has 0 aromatic carbocycles. The van der Waals surface area contributed by atoms with E-state index in [0.29, 0.717) is 17.5 Å². The Morgan fingerprint density at radius 1 is 1.26 bits per heavy atom. The molecule has 0 spiro atoms. The van der Waals surface area contributed by atoms with Crippen molar-refractivity contribution >= 4 is 0 Å². The van der Waals surface area contributed by atoms with Gasteiger partial charge in [-0.3, -0.25) is 0 Å². The van der Waals surface area contributed by atoms with Crippen molar-refractivity contribution in [2.24, 2.45) is 5.73 Å². The van der Waals surface area contributed by atoms with Gasteiger partial charge in [0, 0.05) is 6.04 Å². The molecule has 0 radical (unpaired) electrons. The van der Waals surface area contributed by atoms with Gasteiger partial charge in [0.2, 0.25) is 11.7 Å². The fourth-order valence-corrected chi connectivity index (χ4v) is 2.72. The summed E-state index contributed by atoms with van der Waals surface area (Å²) in [5.74, 6) is 2.03. The van der Waals surface area contributed by atoms with Crippen LogP contribution in [0.2, 0.25) is 0 Å². The Bertz CT molecular complexity index is 546. The van der Waals surface area contributed by atoms with E-state index in [1.54, 1.807) is 6.26 Å². The van der Waals surface area contributed by atoms with Crippen molar-refractivity contribution in [3.63, 3.8) is 0 Å². The number of nitrogens with two attached hydrogens (primary N) is 1. The number of aromatic nitrogens is 2. The topological polar surface area (TPSA) is 78.1 Å². The molecule has 19 heavy (non-hydrogen) atoms. The molecule has 2 heterocycles. The zero-order valence-corrected chi connectivity index (χ0v) is 11.1. The van der Waals surface area contributed by atoms with Crippen LogP contribution in [0.15, 0.2) is 21.3 Å². The van der Waals surface area contributed by atoms with Crippen LogP contribution in [-0.4, -0.2) is 16.2 Å². The van der Waals surface area contributed by atoms with Crippen LogP contribution in [0.3, 0.4) is 0 Å². The number of nitrogens with zero attached hydrogens (tertiary/aromatic N) is 2. The zero-order chi connectivity index (χ0) is 13.2. The van der Waals surface area contributed by atoms with E-state index in [0.717, 1.165) is 18.4 Å². The second-order valence-electron chi connectivity index (χ2n) is 5.30. The lowest BCUT2D eigenvalue weighted by atomic mass is 9.95. The highest BCUT2D eigenvalue weighted by Crippen LogP contribution is 2.31. The van der Waals surface area contributed by atoms with Gasteiger partial charge in [-0.1, -0.05) is 24.4 Å². The van der Waals surface area contributed by atoms with Crippen LogP contribution in [0.1, 0.15) is 49.5 Å². The molecule has 0 bridgehead atoms. The Kier molecular flexibility index (Phi) is 3.38. The van der Waals surface area contributed by atoms with Crippen LogP contribution in [0, 0.1) is 6.92 Å². The number of hydrogen-bond donors (Lipinski definition) is 1. The van der Waals surface area contributed by atoms with E-state index in [1.165, 1.54) is 19.3 Å². The first-order valence-corrected chi connectivity index (χ1v) is 6.89. The number of aryl methyl sites for hydroxylation is 1. The highest BCUT2D eigenvalue weighted by atomic mass is 16.5. The van der Waals surface area contributed by atoms with Crippen molar-refractivity contribution in [1.29, 1.82) is 0 Å². The van der Waals surface area contributed by atoms with Gasteiger partial charge in [0.15, 0.2) is 5.76 Å². The molecule has 0 amide bonds. The summed E-state index contributed by atoms with van der Waals surface area (Å²) >= 11 is 0.